The highest BCUT2D eigenvalue weighted by Crippen LogP contribution is 2.35. The number of nitrogens with zero attached hydrogens (tertiary/aromatic N) is 2. The van der Waals surface area contributed by atoms with E-state index in [0.717, 1.165) is 88.2 Å². The summed E-state index contributed by atoms with van der Waals surface area (Å²) in [5, 5.41) is 3.76. The molecule has 2 bridgehead atoms. The summed E-state index contributed by atoms with van der Waals surface area (Å²) in [6.07, 6.45) is 6.27. The zero-order chi connectivity index (χ0) is 24.4. The highest BCUT2D eigenvalue weighted by atomic mass is 35.5. The molecule has 4 saturated heterocycles. The Morgan fingerprint density at radius 3 is 2.26 bits per heavy atom. The number of hydrogen-bond donors (Lipinski definition) is 1. The number of fused-ring (bicyclic) bond motifs is 2. The molecule has 2 unspecified atom stereocenters. The molecule has 4 fully saturated rings. The van der Waals surface area contributed by atoms with Gasteiger partial charge in [0.1, 0.15) is 0 Å². The van der Waals surface area contributed by atoms with Crippen LogP contribution in [0.2, 0.25) is 5.02 Å². The Balaban J connectivity index is 1.21. The van der Waals surface area contributed by atoms with Gasteiger partial charge in [-0.25, -0.2) is 0 Å². The van der Waals surface area contributed by atoms with Gasteiger partial charge in [0.05, 0.1) is 0 Å². The van der Waals surface area contributed by atoms with Crippen LogP contribution >= 0.6 is 11.6 Å². The van der Waals surface area contributed by atoms with Crippen molar-refractivity contribution in [1.82, 2.24) is 9.80 Å². The number of carbonyl (C=O) groups excluding carboxylic acids is 2. The van der Waals surface area contributed by atoms with Gasteiger partial charge < -0.3 is 19.7 Å². The van der Waals surface area contributed by atoms with E-state index >= 15 is 0 Å². The minimum Gasteiger partial charge on any atom is -0.381 e. The Labute approximate surface area is 213 Å². The van der Waals surface area contributed by atoms with Gasteiger partial charge in [0.15, 0.2) is 0 Å². The molecule has 0 spiro atoms. The Bertz CT molecular complexity index is 915. The first-order valence-electron chi connectivity index (χ1n) is 13.3. The van der Waals surface area contributed by atoms with E-state index in [0.29, 0.717) is 48.6 Å². The topological polar surface area (TPSA) is 71.1 Å². The lowest BCUT2D eigenvalue weighted by atomic mass is 9.96. The number of nitrogens with one attached hydrogen (secondary N) is 1. The van der Waals surface area contributed by atoms with Crippen molar-refractivity contribution in [1.29, 1.82) is 0 Å². The van der Waals surface area contributed by atoms with Crippen LogP contribution in [0.1, 0.15) is 56.1 Å². The molecule has 1 aromatic carbocycles. The van der Waals surface area contributed by atoms with Gasteiger partial charge in [0.25, 0.3) is 0 Å². The van der Waals surface area contributed by atoms with E-state index < -0.39 is 0 Å². The second-order valence-corrected chi connectivity index (χ2v) is 11.2. The predicted octanol–water partition coefficient (Wildman–Crippen LogP) is 4.01. The second kappa shape index (κ2) is 11.2. The van der Waals surface area contributed by atoms with Crippen molar-refractivity contribution in [2.45, 2.75) is 70.5 Å². The van der Waals surface area contributed by atoms with Crippen molar-refractivity contribution in [2.24, 2.45) is 11.8 Å². The van der Waals surface area contributed by atoms with Crippen molar-refractivity contribution in [3.63, 3.8) is 0 Å². The van der Waals surface area contributed by atoms with E-state index in [2.05, 4.69) is 22.0 Å². The maximum atomic E-state index is 13.3. The Hall–Kier alpha value is -1.67. The van der Waals surface area contributed by atoms with Gasteiger partial charge in [-0.05, 0) is 74.6 Å². The molecule has 1 N–H and O–H groups in total. The molecule has 0 aromatic heterocycles. The van der Waals surface area contributed by atoms with Crippen molar-refractivity contribution < 1.29 is 19.1 Å². The number of ether oxygens (including phenoxy) is 2. The number of piperazine rings is 1. The minimum absolute atomic E-state index is 0.0477. The molecular weight excluding hydrogens is 466 g/mol. The molecule has 0 saturated carbocycles. The number of rotatable bonds is 6. The molecule has 2 atom stereocenters. The largest absolute Gasteiger partial charge is 0.381 e. The molecule has 4 heterocycles. The van der Waals surface area contributed by atoms with Gasteiger partial charge in [0, 0.05) is 81.2 Å². The van der Waals surface area contributed by atoms with Crippen molar-refractivity contribution in [2.75, 3.05) is 44.8 Å². The number of likely N-dealkylation sites (tertiary alicyclic amines) is 1. The third-order valence-corrected chi connectivity index (χ3v) is 8.56. The summed E-state index contributed by atoms with van der Waals surface area (Å²) in [5.74, 6) is 0.902. The molecule has 8 heteroatoms. The fourth-order valence-electron chi connectivity index (χ4n) is 6.32. The Morgan fingerprint density at radius 2 is 1.60 bits per heavy atom. The lowest BCUT2D eigenvalue weighted by molar-refractivity contribution is -0.144. The number of benzene rings is 1. The summed E-state index contributed by atoms with van der Waals surface area (Å²) >= 11 is 6.49. The summed E-state index contributed by atoms with van der Waals surface area (Å²) in [7, 11) is 0. The van der Waals surface area contributed by atoms with Gasteiger partial charge >= 0.3 is 0 Å². The van der Waals surface area contributed by atoms with E-state index in [1.807, 2.05) is 12.1 Å². The highest BCUT2D eigenvalue weighted by Gasteiger charge is 2.44. The molecular formula is C27H38ClN3O4. The second-order valence-electron chi connectivity index (χ2n) is 10.8. The maximum Gasteiger partial charge on any atom is 0.226 e. The summed E-state index contributed by atoms with van der Waals surface area (Å²) < 4.78 is 10.9. The summed E-state index contributed by atoms with van der Waals surface area (Å²) in [4.78, 5) is 30.6. The number of anilines is 1. The van der Waals surface area contributed by atoms with Gasteiger partial charge in [-0.3, -0.25) is 14.5 Å². The SMILES string of the molecule is Cc1c(CN2CC3CCC(C2)N3C(=O)C2CCOCC2)cc(Cl)cc1NC(=O)CC1CCOCC1. The monoisotopic (exact) mass is 503 g/mol. The van der Waals surface area contributed by atoms with Gasteiger partial charge in [-0.15, -0.1) is 0 Å². The minimum atomic E-state index is 0.0477. The third kappa shape index (κ3) is 5.85. The highest BCUT2D eigenvalue weighted by molar-refractivity contribution is 6.31. The molecule has 5 rings (SSSR count). The van der Waals surface area contributed by atoms with Crippen LogP contribution in [0.15, 0.2) is 12.1 Å². The fourth-order valence-corrected chi connectivity index (χ4v) is 6.56. The van der Waals surface area contributed by atoms with Crippen LogP contribution in [0.3, 0.4) is 0 Å². The average Bonchev–Trinajstić information content (AvgIpc) is 3.12. The Morgan fingerprint density at radius 1 is 0.971 bits per heavy atom. The van der Waals surface area contributed by atoms with Crippen molar-refractivity contribution in [3.05, 3.63) is 28.3 Å². The third-order valence-electron chi connectivity index (χ3n) is 8.35. The van der Waals surface area contributed by atoms with Crippen LogP contribution in [-0.2, 0) is 25.6 Å². The average molecular weight is 504 g/mol. The van der Waals surface area contributed by atoms with Crippen LogP contribution in [-0.4, -0.2) is 73.2 Å². The number of amides is 2. The summed E-state index contributed by atoms with van der Waals surface area (Å²) in [6, 6.07) is 4.47. The number of carbonyl (C=O) groups is 2. The van der Waals surface area contributed by atoms with E-state index in [9.17, 15) is 9.59 Å². The van der Waals surface area contributed by atoms with Crippen LogP contribution < -0.4 is 5.32 Å². The zero-order valence-corrected chi connectivity index (χ0v) is 21.5. The van der Waals surface area contributed by atoms with Gasteiger partial charge in [0.2, 0.25) is 11.8 Å². The normalized spacial score (nSPS) is 26.2. The van der Waals surface area contributed by atoms with Crippen LogP contribution in [0.4, 0.5) is 5.69 Å². The van der Waals surface area contributed by atoms with Gasteiger partial charge in [-0.2, -0.15) is 0 Å². The van der Waals surface area contributed by atoms with E-state index in [1.54, 1.807) is 0 Å². The molecule has 1 aromatic rings. The predicted molar refractivity (Wildman–Crippen MR) is 135 cm³/mol. The molecule has 192 valence electrons. The van der Waals surface area contributed by atoms with E-state index in [1.165, 1.54) is 0 Å². The first kappa shape index (κ1) is 25.0. The number of hydrogen-bond acceptors (Lipinski definition) is 5. The van der Waals surface area contributed by atoms with E-state index in [-0.39, 0.29) is 11.8 Å². The quantitative estimate of drug-likeness (QED) is 0.635. The van der Waals surface area contributed by atoms with Crippen molar-refractivity contribution >= 4 is 29.1 Å². The summed E-state index contributed by atoms with van der Waals surface area (Å²) in [5.41, 5.74) is 3.02. The first-order chi connectivity index (χ1) is 17.0. The molecule has 0 aliphatic carbocycles. The lowest BCUT2D eigenvalue weighted by Crippen LogP contribution is -2.57. The molecule has 4 aliphatic heterocycles. The standard InChI is InChI=1S/C27H38ClN3O4/c1-18-21(13-22(28)14-25(18)29-26(32)12-19-4-8-34-9-5-19)15-30-16-23-2-3-24(17-30)31(23)27(33)20-6-10-35-11-7-20/h13-14,19-20,23-24H,2-12,15-17H2,1H3,(H,29,32). The Kier molecular flexibility index (Phi) is 7.97. The maximum absolute atomic E-state index is 13.3. The molecule has 0 radical (unpaired) electrons. The van der Waals surface area contributed by atoms with Crippen LogP contribution in [0.25, 0.3) is 0 Å². The van der Waals surface area contributed by atoms with E-state index in [4.69, 9.17) is 21.1 Å². The van der Waals surface area contributed by atoms with Crippen LogP contribution in [0, 0.1) is 18.8 Å². The fraction of sp³-hybridized carbons (Fsp3) is 0.704. The molecule has 2 amide bonds. The number of halogens is 1. The smallest absolute Gasteiger partial charge is 0.226 e. The summed E-state index contributed by atoms with van der Waals surface area (Å²) in [6.45, 7) is 7.52. The lowest BCUT2D eigenvalue weighted by Gasteiger charge is -2.43. The van der Waals surface area contributed by atoms with Crippen LogP contribution in [0.5, 0.6) is 0 Å². The molecule has 7 nitrogen and oxygen atoms in total. The molecule has 4 aliphatic rings. The van der Waals surface area contributed by atoms with Gasteiger partial charge in [-0.1, -0.05) is 11.6 Å². The molecule has 35 heavy (non-hydrogen) atoms. The zero-order valence-electron chi connectivity index (χ0n) is 20.8. The first-order valence-corrected chi connectivity index (χ1v) is 13.6. The van der Waals surface area contributed by atoms with Crippen molar-refractivity contribution in [3.8, 4) is 0 Å².